The fourth-order valence-electron chi connectivity index (χ4n) is 1.76. The van der Waals surface area contributed by atoms with E-state index in [-0.39, 0.29) is 0 Å². The van der Waals surface area contributed by atoms with Gasteiger partial charge in [-0.2, -0.15) is 0 Å². The summed E-state index contributed by atoms with van der Waals surface area (Å²) in [5.74, 6) is 1.84. The molecule has 0 amide bonds. The standard InChI is InChI=1S/C13H16N4O2/c1-4-14-13-12(19-3)11(16-8-17-13)10-9(18-2)6-5-7-15-10/h5-8H,4H2,1-3H3,(H,14,16,17). The Morgan fingerprint density at radius 2 is 1.95 bits per heavy atom. The van der Waals surface area contributed by atoms with Gasteiger partial charge in [0.15, 0.2) is 11.6 Å². The van der Waals surface area contributed by atoms with Gasteiger partial charge in [0.2, 0.25) is 0 Å². The molecule has 2 aromatic rings. The second-order valence-electron chi connectivity index (χ2n) is 3.69. The minimum Gasteiger partial charge on any atom is -0.494 e. The van der Waals surface area contributed by atoms with E-state index in [9.17, 15) is 0 Å². The van der Waals surface area contributed by atoms with Crippen molar-refractivity contribution in [1.82, 2.24) is 15.0 Å². The summed E-state index contributed by atoms with van der Waals surface area (Å²) in [4.78, 5) is 12.7. The Kier molecular flexibility index (Phi) is 4.12. The Balaban J connectivity index is 2.58. The molecule has 0 saturated heterocycles. The third kappa shape index (κ3) is 2.57. The Morgan fingerprint density at radius 3 is 2.63 bits per heavy atom. The van der Waals surface area contributed by atoms with Gasteiger partial charge in [0, 0.05) is 12.7 Å². The molecule has 0 aliphatic rings. The zero-order valence-electron chi connectivity index (χ0n) is 11.2. The Bertz CT molecular complexity index is 560. The van der Waals surface area contributed by atoms with E-state index in [1.54, 1.807) is 26.5 Å². The topological polar surface area (TPSA) is 69.2 Å². The van der Waals surface area contributed by atoms with Crippen LogP contribution in [0.1, 0.15) is 6.92 Å². The molecule has 1 N–H and O–H groups in total. The molecular weight excluding hydrogens is 244 g/mol. The SMILES string of the molecule is CCNc1ncnc(-c2ncccc2OC)c1OC. The second-order valence-corrected chi connectivity index (χ2v) is 3.69. The lowest BCUT2D eigenvalue weighted by Crippen LogP contribution is -2.05. The number of rotatable bonds is 5. The van der Waals surface area contributed by atoms with Gasteiger partial charge in [-0.3, -0.25) is 4.98 Å². The number of nitrogens with zero attached hydrogens (tertiary/aromatic N) is 3. The van der Waals surface area contributed by atoms with Crippen molar-refractivity contribution in [3.8, 4) is 22.9 Å². The van der Waals surface area contributed by atoms with Gasteiger partial charge in [0.25, 0.3) is 0 Å². The van der Waals surface area contributed by atoms with Crippen molar-refractivity contribution in [2.24, 2.45) is 0 Å². The van der Waals surface area contributed by atoms with Crippen LogP contribution in [0.25, 0.3) is 11.4 Å². The van der Waals surface area contributed by atoms with Gasteiger partial charge in [-0.05, 0) is 19.1 Å². The molecule has 0 unspecified atom stereocenters. The van der Waals surface area contributed by atoms with Crippen LogP contribution in [0.3, 0.4) is 0 Å². The Morgan fingerprint density at radius 1 is 1.11 bits per heavy atom. The maximum absolute atomic E-state index is 5.40. The van der Waals surface area contributed by atoms with Crippen LogP contribution in [0.15, 0.2) is 24.7 Å². The van der Waals surface area contributed by atoms with E-state index in [0.29, 0.717) is 28.7 Å². The third-order valence-electron chi connectivity index (χ3n) is 2.57. The molecule has 0 spiro atoms. The molecule has 0 aliphatic carbocycles. The summed E-state index contributed by atoms with van der Waals surface area (Å²) in [6, 6.07) is 3.64. The molecule has 0 fully saturated rings. The number of ether oxygens (including phenoxy) is 2. The quantitative estimate of drug-likeness (QED) is 0.886. The summed E-state index contributed by atoms with van der Waals surface area (Å²) in [6.07, 6.45) is 3.16. The summed E-state index contributed by atoms with van der Waals surface area (Å²) in [5.41, 5.74) is 1.23. The van der Waals surface area contributed by atoms with E-state index >= 15 is 0 Å². The number of anilines is 1. The largest absolute Gasteiger partial charge is 0.494 e. The third-order valence-corrected chi connectivity index (χ3v) is 2.57. The average Bonchev–Trinajstić information content (AvgIpc) is 2.47. The van der Waals surface area contributed by atoms with Gasteiger partial charge >= 0.3 is 0 Å². The van der Waals surface area contributed by atoms with Gasteiger partial charge in [-0.15, -0.1) is 0 Å². The fourth-order valence-corrected chi connectivity index (χ4v) is 1.76. The molecule has 0 radical (unpaired) electrons. The summed E-state index contributed by atoms with van der Waals surface area (Å²) >= 11 is 0. The summed E-state index contributed by atoms with van der Waals surface area (Å²) < 4.78 is 10.7. The van der Waals surface area contributed by atoms with Crippen LogP contribution >= 0.6 is 0 Å². The first-order chi connectivity index (χ1) is 9.31. The van der Waals surface area contributed by atoms with Crippen LogP contribution in [0.4, 0.5) is 5.82 Å². The zero-order chi connectivity index (χ0) is 13.7. The highest BCUT2D eigenvalue weighted by atomic mass is 16.5. The molecular formula is C13H16N4O2. The first kappa shape index (κ1) is 13.1. The molecule has 0 aliphatic heterocycles. The van der Waals surface area contributed by atoms with E-state index in [0.717, 1.165) is 6.54 Å². The monoisotopic (exact) mass is 260 g/mol. The normalized spacial score (nSPS) is 10.1. The lowest BCUT2D eigenvalue weighted by molar-refractivity contribution is 0.407. The van der Waals surface area contributed by atoms with Crippen molar-refractivity contribution < 1.29 is 9.47 Å². The van der Waals surface area contributed by atoms with E-state index in [4.69, 9.17) is 9.47 Å². The molecule has 6 heteroatoms. The highest BCUT2D eigenvalue weighted by molar-refractivity contribution is 5.73. The van der Waals surface area contributed by atoms with Gasteiger partial charge in [0.05, 0.1) is 14.2 Å². The van der Waals surface area contributed by atoms with Crippen molar-refractivity contribution in [2.45, 2.75) is 6.92 Å². The number of nitrogens with one attached hydrogen (secondary N) is 1. The van der Waals surface area contributed by atoms with E-state index in [1.165, 1.54) is 6.33 Å². The van der Waals surface area contributed by atoms with Crippen molar-refractivity contribution in [3.05, 3.63) is 24.7 Å². The van der Waals surface area contributed by atoms with Gasteiger partial charge in [-0.1, -0.05) is 0 Å². The molecule has 19 heavy (non-hydrogen) atoms. The predicted octanol–water partition coefficient (Wildman–Crippen LogP) is 1.99. The molecule has 6 nitrogen and oxygen atoms in total. The molecule has 0 aromatic carbocycles. The summed E-state index contributed by atoms with van der Waals surface area (Å²) in [7, 11) is 3.18. The van der Waals surface area contributed by atoms with Crippen LogP contribution in [0.2, 0.25) is 0 Å². The van der Waals surface area contributed by atoms with Gasteiger partial charge < -0.3 is 14.8 Å². The van der Waals surface area contributed by atoms with Crippen LogP contribution in [0.5, 0.6) is 11.5 Å². The molecule has 100 valence electrons. The van der Waals surface area contributed by atoms with E-state index < -0.39 is 0 Å². The molecule has 0 bridgehead atoms. The first-order valence-electron chi connectivity index (χ1n) is 5.94. The second kappa shape index (κ2) is 5.99. The Labute approximate surface area is 111 Å². The molecule has 0 saturated carbocycles. The van der Waals surface area contributed by atoms with Gasteiger partial charge in [0.1, 0.15) is 23.5 Å². The zero-order valence-corrected chi connectivity index (χ0v) is 11.2. The smallest absolute Gasteiger partial charge is 0.189 e. The van der Waals surface area contributed by atoms with Crippen molar-refractivity contribution in [2.75, 3.05) is 26.1 Å². The fraction of sp³-hybridized carbons (Fsp3) is 0.308. The van der Waals surface area contributed by atoms with E-state index in [1.807, 2.05) is 13.0 Å². The molecule has 2 aromatic heterocycles. The minimum absolute atomic E-state index is 0.557. The molecule has 2 heterocycles. The van der Waals surface area contributed by atoms with Crippen molar-refractivity contribution in [1.29, 1.82) is 0 Å². The van der Waals surface area contributed by atoms with Crippen LogP contribution in [-0.4, -0.2) is 35.7 Å². The van der Waals surface area contributed by atoms with Crippen molar-refractivity contribution in [3.63, 3.8) is 0 Å². The number of pyridine rings is 1. The van der Waals surface area contributed by atoms with Crippen LogP contribution in [0, 0.1) is 0 Å². The summed E-state index contributed by atoms with van der Waals surface area (Å²) in [6.45, 7) is 2.73. The summed E-state index contributed by atoms with van der Waals surface area (Å²) in [5, 5.41) is 3.13. The highest BCUT2D eigenvalue weighted by Crippen LogP contribution is 2.35. The maximum Gasteiger partial charge on any atom is 0.189 e. The molecule has 2 rings (SSSR count). The average molecular weight is 260 g/mol. The van der Waals surface area contributed by atoms with Crippen LogP contribution in [-0.2, 0) is 0 Å². The highest BCUT2D eigenvalue weighted by Gasteiger charge is 2.17. The van der Waals surface area contributed by atoms with Crippen molar-refractivity contribution >= 4 is 5.82 Å². The lowest BCUT2D eigenvalue weighted by atomic mass is 10.2. The van der Waals surface area contributed by atoms with Crippen LogP contribution < -0.4 is 14.8 Å². The Hall–Kier alpha value is -2.37. The number of hydrogen-bond donors (Lipinski definition) is 1. The first-order valence-corrected chi connectivity index (χ1v) is 5.94. The maximum atomic E-state index is 5.40. The lowest BCUT2D eigenvalue weighted by Gasteiger charge is -2.13. The minimum atomic E-state index is 0.557. The number of hydrogen-bond acceptors (Lipinski definition) is 6. The number of methoxy groups -OCH3 is 2. The molecule has 0 atom stereocenters. The number of aromatic nitrogens is 3. The van der Waals surface area contributed by atoms with Gasteiger partial charge in [-0.25, -0.2) is 9.97 Å². The predicted molar refractivity (Wildman–Crippen MR) is 72.5 cm³/mol. The van der Waals surface area contributed by atoms with E-state index in [2.05, 4.69) is 20.3 Å².